The van der Waals surface area contributed by atoms with E-state index in [-0.39, 0.29) is 30.0 Å². The van der Waals surface area contributed by atoms with Crippen LogP contribution in [-0.2, 0) is 11.2 Å². The molecule has 28 heavy (non-hydrogen) atoms. The van der Waals surface area contributed by atoms with Gasteiger partial charge in [0.25, 0.3) is 11.6 Å². The van der Waals surface area contributed by atoms with E-state index < -0.39 is 4.92 Å². The van der Waals surface area contributed by atoms with Gasteiger partial charge in [0.15, 0.2) is 0 Å². The van der Waals surface area contributed by atoms with Crippen molar-refractivity contribution in [3.8, 4) is 0 Å². The van der Waals surface area contributed by atoms with E-state index >= 15 is 0 Å². The van der Waals surface area contributed by atoms with Gasteiger partial charge in [0, 0.05) is 36.8 Å². The summed E-state index contributed by atoms with van der Waals surface area (Å²) < 4.78 is 0. The monoisotopic (exact) mass is 381 g/mol. The normalized spacial score (nSPS) is 14.5. The van der Waals surface area contributed by atoms with Crippen molar-refractivity contribution in [1.82, 2.24) is 10.2 Å². The Morgan fingerprint density at radius 3 is 2.36 bits per heavy atom. The molecule has 146 valence electrons. The zero-order valence-corrected chi connectivity index (χ0v) is 15.8. The maximum Gasteiger partial charge on any atom is 0.269 e. The lowest BCUT2D eigenvalue weighted by Crippen LogP contribution is -2.47. The number of benzene rings is 2. The van der Waals surface area contributed by atoms with Crippen LogP contribution in [0.25, 0.3) is 0 Å². The Bertz CT molecular complexity index is 871. The van der Waals surface area contributed by atoms with Gasteiger partial charge < -0.3 is 10.2 Å². The van der Waals surface area contributed by atoms with E-state index in [2.05, 4.69) is 5.32 Å². The fourth-order valence-electron chi connectivity index (χ4n) is 3.39. The summed E-state index contributed by atoms with van der Waals surface area (Å²) in [6, 6.07) is 13.6. The number of amides is 2. The van der Waals surface area contributed by atoms with E-state index in [4.69, 9.17) is 0 Å². The minimum Gasteiger partial charge on any atom is -0.349 e. The van der Waals surface area contributed by atoms with Gasteiger partial charge in [0.2, 0.25) is 5.91 Å². The number of nitro benzene ring substituents is 1. The second-order valence-corrected chi connectivity index (χ2v) is 7.04. The van der Waals surface area contributed by atoms with Crippen molar-refractivity contribution in [3.05, 3.63) is 75.3 Å². The molecule has 1 heterocycles. The number of carbonyl (C=O) groups is 2. The standard InChI is InChI=1S/C21H23N3O4/c1-15-4-2-3-5-19(15)21(26)22-17-10-12-23(13-11-17)20(25)14-16-6-8-18(9-7-16)24(27)28/h2-9,17H,10-14H2,1H3,(H,22,26). The molecule has 0 bridgehead atoms. The second kappa shape index (κ2) is 8.65. The minimum absolute atomic E-state index is 0.00228. The highest BCUT2D eigenvalue weighted by Crippen LogP contribution is 2.16. The predicted molar refractivity (Wildman–Crippen MR) is 105 cm³/mol. The van der Waals surface area contributed by atoms with Crippen molar-refractivity contribution >= 4 is 17.5 Å². The summed E-state index contributed by atoms with van der Waals surface area (Å²) in [5.74, 6) is -0.0775. The average Bonchev–Trinajstić information content (AvgIpc) is 2.69. The maximum atomic E-state index is 12.5. The highest BCUT2D eigenvalue weighted by Gasteiger charge is 2.24. The maximum absolute atomic E-state index is 12.5. The molecule has 1 saturated heterocycles. The highest BCUT2D eigenvalue weighted by molar-refractivity contribution is 5.95. The SMILES string of the molecule is Cc1ccccc1C(=O)NC1CCN(C(=O)Cc2ccc([N+](=O)[O-])cc2)CC1. The number of aryl methyl sites for hydroxylation is 1. The molecule has 0 aromatic heterocycles. The zero-order chi connectivity index (χ0) is 20.1. The number of nitrogens with one attached hydrogen (secondary N) is 1. The van der Waals surface area contributed by atoms with Crippen LogP contribution in [0, 0.1) is 17.0 Å². The zero-order valence-electron chi connectivity index (χ0n) is 15.8. The number of hydrogen-bond donors (Lipinski definition) is 1. The Balaban J connectivity index is 1.49. The first kappa shape index (κ1) is 19.5. The minimum atomic E-state index is -0.457. The van der Waals surface area contributed by atoms with Gasteiger partial charge in [-0.15, -0.1) is 0 Å². The summed E-state index contributed by atoms with van der Waals surface area (Å²) in [6.45, 7) is 3.09. The highest BCUT2D eigenvalue weighted by atomic mass is 16.6. The fourth-order valence-corrected chi connectivity index (χ4v) is 3.39. The van der Waals surface area contributed by atoms with Crippen LogP contribution in [0.4, 0.5) is 5.69 Å². The molecule has 0 spiro atoms. The quantitative estimate of drug-likeness (QED) is 0.637. The molecule has 1 N–H and O–H groups in total. The van der Waals surface area contributed by atoms with Gasteiger partial charge in [-0.25, -0.2) is 0 Å². The van der Waals surface area contributed by atoms with E-state index in [1.807, 2.05) is 31.2 Å². The molecule has 3 rings (SSSR count). The summed E-state index contributed by atoms with van der Waals surface area (Å²) >= 11 is 0. The molecule has 2 amide bonds. The van der Waals surface area contributed by atoms with Gasteiger partial charge in [0.1, 0.15) is 0 Å². The summed E-state index contributed by atoms with van der Waals surface area (Å²) in [4.78, 5) is 36.9. The Morgan fingerprint density at radius 2 is 1.75 bits per heavy atom. The summed E-state index contributed by atoms with van der Waals surface area (Å²) in [6.07, 6.45) is 1.64. The first-order chi connectivity index (χ1) is 13.4. The number of nitro groups is 1. The number of likely N-dealkylation sites (tertiary alicyclic amines) is 1. The van der Waals surface area contributed by atoms with Crippen LogP contribution < -0.4 is 5.32 Å². The van der Waals surface area contributed by atoms with Gasteiger partial charge in [-0.3, -0.25) is 19.7 Å². The third-order valence-electron chi connectivity index (χ3n) is 5.08. The number of carbonyl (C=O) groups excluding carboxylic acids is 2. The lowest BCUT2D eigenvalue weighted by Gasteiger charge is -2.32. The first-order valence-corrected chi connectivity index (χ1v) is 9.31. The topological polar surface area (TPSA) is 92.6 Å². The van der Waals surface area contributed by atoms with Gasteiger partial charge >= 0.3 is 0 Å². The molecule has 1 aliphatic rings. The molecule has 1 fully saturated rings. The number of rotatable bonds is 5. The summed E-state index contributed by atoms with van der Waals surface area (Å²) in [7, 11) is 0. The molecule has 1 aliphatic heterocycles. The smallest absolute Gasteiger partial charge is 0.269 e. The predicted octanol–water partition coefficient (Wildman–Crippen LogP) is 2.87. The number of non-ortho nitro benzene ring substituents is 1. The van der Waals surface area contributed by atoms with Crippen LogP contribution in [0.5, 0.6) is 0 Å². The molecule has 0 aliphatic carbocycles. The van der Waals surface area contributed by atoms with E-state index in [1.165, 1.54) is 12.1 Å². The van der Waals surface area contributed by atoms with Crippen LogP contribution >= 0.6 is 0 Å². The molecule has 7 nitrogen and oxygen atoms in total. The molecular weight excluding hydrogens is 358 g/mol. The number of hydrogen-bond acceptors (Lipinski definition) is 4. The molecule has 2 aromatic carbocycles. The van der Waals surface area contributed by atoms with Crippen LogP contribution in [0.1, 0.15) is 34.3 Å². The van der Waals surface area contributed by atoms with E-state index in [0.717, 1.165) is 11.1 Å². The van der Waals surface area contributed by atoms with Crippen molar-refractivity contribution in [2.75, 3.05) is 13.1 Å². The summed E-state index contributed by atoms with van der Waals surface area (Å²) in [5.41, 5.74) is 2.39. The molecule has 0 radical (unpaired) electrons. The largest absolute Gasteiger partial charge is 0.349 e. The van der Waals surface area contributed by atoms with Crippen LogP contribution in [0.3, 0.4) is 0 Å². The number of piperidine rings is 1. The molecule has 2 aromatic rings. The van der Waals surface area contributed by atoms with Crippen molar-refractivity contribution in [1.29, 1.82) is 0 Å². The average molecular weight is 381 g/mol. The van der Waals surface area contributed by atoms with Crippen LogP contribution in [0.2, 0.25) is 0 Å². The van der Waals surface area contributed by atoms with Crippen molar-refractivity contribution < 1.29 is 14.5 Å². The van der Waals surface area contributed by atoms with Crippen molar-refractivity contribution in [3.63, 3.8) is 0 Å². The van der Waals surface area contributed by atoms with Crippen molar-refractivity contribution in [2.24, 2.45) is 0 Å². The van der Waals surface area contributed by atoms with E-state index in [1.54, 1.807) is 17.0 Å². The van der Waals surface area contributed by atoms with Crippen LogP contribution in [-0.4, -0.2) is 40.8 Å². The Kier molecular flexibility index (Phi) is 6.03. The molecule has 7 heteroatoms. The first-order valence-electron chi connectivity index (χ1n) is 9.31. The second-order valence-electron chi connectivity index (χ2n) is 7.04. The van der Waals surface area contributed by atoms with E-state index in [9.17, 15) is 19.7 Å². The van der Waals surface area contributed by atoms with Crippen LogP contribution in [0.15, 0.2) is 48.5 Å². The van der Waals surface area contributed by atoms with E-state index in [0.29, 0.717) is 31.5 Å². The molecule has 0 saturated carbocycles. The Labute approximate surface area is 163 Å². The molecule has 0 atom stereocenters. The number of nitrogens with zero attached hydrogens (tertiary/aromatic N) is 2. The Hall–Kier alpha value is -3.22. The van der Waals surface area contributed by atoms with Gasteiger partial charge in [-0.05, 0) is 37.0 Å². The van der Waals surface area contributed by atoms with Crippen molar-refractivity contribution in [2.45, 2.75) is 32.2 Å². The lowest BCUT2D eigenvalue weighted by molar-refractivity contribution is -0.384. The third-order valence-corrected chi connectivity index (χ3v) is 5.08. The fraction of sp³-hybridized carbons (Fsp3) is 0.333. The summed E-state index contributed by atoms with van der Waals surface area (Å²) in [5, 5.41) is 13.8. The Morgan fingerprint density at radius 1 is 1.11 bits per heavy atom. The van der Waals surface area contributed by atoms with Gasteiger partial charge in [0.05, 0.1) is 11.3 Å². The van der Waals surface area contributed by atoms with Gasteiger partial charge in [-0.2, -0.15) is 0 Å². The van der Waals surface area contributed by atoms with Gasteiger partial charge in [-0.1, -0.05) is 30.3 Å². The molecule has 0 unspecified atom stereocenters. The third kappa shape index (κ3) is 4.73. The lowest BCUT2D eigenvalue weighted by atomic mass is 10.0. The molecular formula is C21H23N3O4.